The Morgan fingerprint density at radius 1 is 1.29 bits per heavy atom. The maximum atomic E-state index is 5.41. The second kappa shape index (κ2) is 5.92. The van der Waals surface area contributed by atoms with E-state index in [1.807, 2.05) is 12.1 Å². The van der Waals surface area contributed by atoms with Crippen LogP contribution < -0.4 is 14.8 Å². The Morgan fingerprint density at radius 3 is 2.82 bits per heavy atom. The summed E-state index contributed by atoms with van der Waals surface area (Å²) >= 11 is 0. The predicted octanol–water partition coefficient (Wildman–Crippen LogP) is 2.25. The van der Waals surface area contributed by atoms with Crippen molar-refractivity contribution >= 4 is 0 Å². The maximum absolute atomic E-state index is 5.41. The molecule has 3 nitrogen and oxygen atoms in total. The minimum absolute atomic E-state index is 0.713. The van der Waals surface area contributed by atoms with E-state index in [4.69, 9.17) is 9.47 Å². The highest BCUT2D eigenvalue weighted by Crippen LogP contribution is 2.27. The molecule has 1 aromatic rings. The van der Waals surface area contributed by atoms with E-state index < -0.39 is 0 Å². The fourth-order valence-electron chi connectivity index (χ4n) is 2.45. The maximum Gasteiger partial charge on any atom is 0.122 e. The summed E-state index contributed by atoms with van der Waals surface area (Å²) in [6.07, 6.45) is 3.64. The van der Waals surface area contributed by atoms with Gasteiger partial charge in [-0.15, -0.1) is 0 Å². The lowest BCUT2D eigenvalue weighted by atomic mass is 9.92. The summed E-state index contributed by atoms with van der Waals surface area (Å²) in [7, 11) is 3.43. The first-order valence-corrected chi connectivity index (χ1v) is 6.25. The summed E-state index contributed by atoms with van der Waals surface area (Å²) in [6, 6.07) is 6.03. The molecule has 1 atom stereocenters. The Morgan fingerprint density at radius 2 is 2.18 bits per heavy atom. The number of rotatable bonds is 4. The molecular formula is C14H21NO2. The van der Waals surface area contributed by atoms with Crippen molar-refractivity contribution in [2.24, 2.45) is 5.92 Å². The van der Waals surface area contributed by atoms with Gasteiger partial charge in [0, 0.05) is 0 Å². The van der Waals surface area contributed by atoms with Gasteiger partial charge in [-0.3, -0.25) is 0 Å². The Balaban J connectivity index is 2.11. The van der Waals surface area contributed by atoms with Crippen molar-refractivity contribution in [2.75, 3.05) is 27.3 Å². The molecule has 1 heterocycles. The molecule has 17 heavy (non-hydrogen) atoms. The van der Waals surface area contributed by atoms with Crippen LogP contribution in [0.25, 0.3) is 0 Å². The molecule has 1 fully saturated rings. The largest absolute Gasteiger partial charge is 0.497 e. The average Bonchev–Trinajstić information content (AvgIpc) is 2.40. The van der Waals surface area contributed by atoms with E-state index in [1.165, 1.54) is 18.4 Å². The zero-order chi connectivity index (χ0) is 12.1. The van der Waals surface area contributed by atoms with Crippen LogP contribution in [0.5, 0.6) is 11.5 Å². The molecule has 0 saturated carbocycles. The third-order valence-corrected chi connectivity index (χ3v) is 3.40. The predicted molar refractivity (Wildman–Crippen MR) is 68.8 cm³/mol. The fraction of sp³-hybridized carbons (Fsp3) is 0.571. The molecule has 1 aliphatic heterocycles. The zero-order valence-corrected chi connectivity index (χ0v) is 10.7. The fourth-order valence-corrected chi connectivity index (χ4v) is 2.45. The van der Waals surface area contributed by atoms with Crippen LogP contribution in [0.1, 0.15) is 18.4 Å². The van der Waals surface area contributed by atoms with E-state index >= 15 is 0 Å². The number of hydrogen-bond donors (Lipinski definition) is 1. The highest BCUT2D eigenvalue weighted by molar-refractivity contribution is 5.40. The summed E-state index contributed by atoms with van der Waals surface area (Å²) in [4.78, 5) is 0. The van der Waals surface area contributed by atoms with Gasteiger partial charge in [-0.05, 0) is 62.0 Å². The van der Waals surface area contributed by atoms with Crippen molar-refractivity contribution in [3.8, 4) is 11.5 Å². The molecule has 1 aromatic carbocycles. The number of nitrogens with one attached hydrogen (secondary N) is 1. The molecule has 0 aromatic heterocycles. The normalized spacial score (nSPS) is 20.0. The summed E-state index contributed by atoms with van der Waals surface area (Å²) < 4.78 is 10.7. The second-order valence-corrected chi connectivity index (χ2v) is 4.59. The van der Waals surface area contributed by atoms with Crippen LogP contribution in [-0.2, 0) is 6.42 Å². The molecule has 1 saturated heterocycles. The monoisotopic (exact) mass is 235 g/mol. The lowest BCUT2D eigenvalue weighted by molar-refractivity contribution is 0.361. The van der Waals surface area contributed by atoms with E-state index in [2.05, 4.69) is 11.4 Å². The molecule has 1 N–H and O–H groups in total. The third-order valence-electron chi connectivity index (χ3n) is 3.40. The number of ether oxygens (including phenoxy) is 2. The van der Waals surface area contributed by atoms with Gasteiger partial charge < -0.3 is 14.8 Å². The Kier molecular flexibility index (Phi) is 4.26. The van der Waals surface area contributed by atoms with Crippen molar-refractivity contribution in [1.82, 2.24) is 5.32 Å². The molecule has 0 radical (unpaired) electrons. The van der Waals surface area contributed by atoms with Gasteiger partial charge in [0.15, 0.2) is 0 Å². The first kappa shape index (κ1) is 12.2. The highest BCUT2D eigenvalue weighted by atomic mass is 16.5. The number of piperidine rings is 1. The van der Waals surface area contributed by atoms with Crippen molar-refractivity contribution in [1.29, 1.82) is 0 Å². The van der Waals surface area contributed by atoms with Gasteiger partial charge in [0.1, 0.15) is 11.5 Å². The van der Waals surface area contributed by atoms with Crippen LogP contribution in [0.2, 0.25) is 0 Å². The summed E-state index contributed by atoms with van der Waals surface area (Å²) in [5.74, 6) is 2.59. The summed E-state index contributed by atoms with van der Waals surface area (Å²) in [5.41, 5.74) is 1.25. The van der Waals surface area contributed by atoms with Gasteiger partial charge in [-0.2, -0.15) is 0 Å². The number of hydrogen-bond acceptors (Lipinski definition) is 3. The second-order valence-electron chi connectivity index (χ2n) is 4.59. The Labute approximate surface area is 103 Å². The van der Waals surface area contributed by atoms with E-state index in [0.29, 0.717) is 5.92 Å². The van der Waals surface area contributed by atoms with Gasteiger partial charge in [0.25, 0.3) is 0 Å². The Bertz CT molecular complexity index is 359. The first-order chi connectivity index (χ1) is 8.33. The standard InChI is InChI=1S/C14H21NO2/c1-16-13-5-6-14(17-2)12(9-13)8-11-4-3-7-15-10-11/h5-6,9,11,15H,3-4,7-8,10H2,1-2H3. The average molecular weight is 235 g/mol. The Hall–Kier alpha value is -1.22. The molecule has 2 rings (SSSR count). The van der Waals surface area contributed by atoms with Gasteiger partial charge in [0.05, 0.1) is 14.2 Å². The number of methoxy groups -OCH3 is 2. The SMILES string of the molecule is COc1ccc(OC)c(CC2CCCNC2)c1. The first-order valence-electron chi connectivity index (χ1n) is 6.25. The minimum atomic E-state index is 0.713. The van der Waals surface area contributed by atoms with E-state index in [-0.39, 0.29) is 0 Å². The van der Waals surface area contributed by atoms with Crippen LogP contribution in [-0.4, -0.2) is 27.3 Å². The quantitative estimate of drug-likeness (QED) is 0.868. The molecular weight excluding hydrogens is 214 g/mol. The van der Waals surface area contributed by atoms with Crippen molar-refractivity contribution in [2.45, 2.75) is 19.3 Å². The molecule has 0 spiro atoms. The molecule has 0 amide bonds. The molecule has 94 valence electrons. The molecule has 1 aliphatic rings. The van der Waals surface area contributed by atoms with Gasteiger partial charge in [0.2, 0.25) is 0 Å². The van der Waals surface area contributed by atoms with Crippen LogP contribution in [0.15, 0.2) is 18.2 Å². The molecule has 1 unspecified atom stereocenters. The minimum Gasteiger partial charge on any atom is -0.497 e. The van der Waals surface area contributed by atoms with Crippen LogP contribution >= 0.6 is 0 Å². The van der Waals surface area contributed by atoms with Crippen LogP contribution in [0.3, 0.4) is 0 Å². The zero-order valence-electron chi connectivity index (χ0n) is 10.7. The molecule has 3 heteroatoms. The van der Waals surface area contributed by atoms with Crippen LogP contribution in [0, 0.1) is 5.92 Å². The van der Waals surface area contributed by atoms with E-state index in [1.54, 1.807) is 14.2 Å². The topological polar surface area (TPSA) is 30.5 Å². The lowest BCUT2D eigenvalue weighted by Gasteiger charge is -2.23. The number of benzene rings is 1. The summed E-state index contributed by atoms with van der Waals surface area (Å²) in [6.45, 7) is 2.27. The van der Waals surface area contributed by atoms with Crippen molar-refractivity contribution in [3.63, 3.8) is 0 Å². The van der Waals surface area contributed by atoms with E-state index in [0.717, 1.165) is 31.0 Å². The van der Waals surface area contributed by atoms with Crippen molar-refractivity contribution in [3.05, 3.63) is 23.8 Å². The van der Waals surface area contributed by atoms with E-state index in [9.17, 15) is 0 Å². The smallest absolute Gasteiger partial charge is 0.122 e. The molecule has 0 bridgehead atoms. The van der Waals surface area contributed by atoms with Crippen molar-refractivity contribution < 1.29 is 9.47 Å². The van der Waals surface area contributed by atoms with Crippen LogP contribution in [0.4, 0.5) is 0 Å². The summed E-state index contributed by atoms with van der Waals surface area (Å²) in [5, 5.41) is 3.45. The van der Waals surface area contributed by atoms with Gasteiger partial charge in [-0.1, -0.05) is 0 Å². The highest BCUT2D eigenvalue weighted by Gasteiger charge is 2.16. The third kappa shape index (κ3) is 3.13. The van der Waals surface area contributed by atoms with Gasteiger partial charge >= 0.3 is 0 Å². The lowest BCUT2D eigenvalue weighted by Crippen LogP contribution is -2.30. The molecule has 0 aliphatic carbocycles. The van der Waals surface area contributed by atoms with Gasteiger partial charge in [-0.25, -0.2) is 0 Å².